The number of benzene rings is 1. The van der Waals surface area contributed by atoms with Crippen LogP contribution in [0.2, 0.25) is 0 Å². The van der Waals surface area contributed by atoms with Gasteiger partial charge in [-0.1, -0.05) is 41.9 Å². The number of fused-ring (bicyclic) bond motifs is 1. The molecule has 1 N–H and O–H groups in total. The highest BCUT2D eigenvalue weighted by molar-refractivity contribution is 6.49. The number of esters is 1. The first kappa shape index (κ1) is 17.3. The minimum atomic E-state index is -0.271. The first-order valence-corrected chi connectivity index (χ1v) is 7.99. The Morgan fingerprint density at radius 1 is 1.30 bits per heavy atom. The zero-order valence-corrected chi connectivity index (χ0v) is 13.9. The molecule has 0 bridgehead atoms. The molecule has 1 aromatic carbocycles. The van der Waals surface area contributed by atoms with E-state index in [0.29, 0.717) is 24.4 Å². The van der Waals surface area contributed by atoms with E-state index in [0.717, 1.165) is 24.0 Å². The molecule has 2 rings (SSSR count). The van der Waals surface area contributed by atoms with Crippen LogP contribution in [-0.2, 0) is 20.7 Å². The van der Waals surface area contributed by atoms with Crippen molar-refractivity contribution < 1.29 is 14.3 Å². The Labute approximate surface area is 141 Å². The molecule has 4 nitrogen and oxygen atoms in total. The third kappa shape index (κ3) is 4.96. The highest BCUT2D eigenvalue weighted by Gasteiger charge is 2.15. The largest absolute Gasteiger partial charge is 0.469 e. The molecule has 122 valence electrons. The van der Waals surface area contributed by atoms with Crippen LogP contribution in [0.15, 0.2) is 42.0 Å². The molecule has 0 fully saturated rings. The Morgan fingerprint density at radius 2 is 2.09 bits per heavy atom. The molecule has 0 saturated heterocycles. The van der Waals surface area contributed by atoms with Gasteiger partial charge in [0.25, 0.3) is 0 Å². The maximum Gasteiger partial charge on any atom is 0.305 e. The summed E-state index contributed by atoms with van der Waals surface area (Å²) >= 11 is 6.42. The Kier molecular flexibility index (Phi) is 6.41. The quantitative estimate of drug-likeness (QED) is 0.494. The fourth-order valence-corrected chi connectivity index (χ4v) is 2.78. The number of aryl methyl sites for hydroxylation is 1. The molecular weight excluding hydrogens is 314 g/mol. The summed E-state index contributed by atoms with van der Waals surface area (Å²) in [5.41, 5.74) is 3.25. The van der Waals surface area contributed by atoms with Gasteiger partial charge in [-0.25, -0.2) is 0 Å². The van der Waals surface area contributed by atoms with E-state index in [2.05, 4.69) is 16.1 Å². The summed E-state index contributed by atoms with van der Waals surface area (Å²) in [5, 5.41) is 3.45. The van der Waals surface area contributed by atoms with Crippen molar-refractivity contribution in [1.82, 2.24) is 5.32 Å². The normalized spacial score (nSPS) is 13.8. The molecule has 1 aliphatic rings. The van der Waals surface area contributed by atoms with E-state index >= 15 is 0 Å². The molecule has 0 heterocycles. The first-order valence-electron chi connectivity index (χ1n) is 7.61. The lowest BCUT2D eigenvalue weighted by molar-refractivity contribution is -0.140. The Balaban J connectivity index is 1.88. The van der Waals surface area contributed by atoms with Crippen LogP contribution < -0.4 is 5.32 Å². The SMILES string of the molecule is COC(=O)CCCNC(=O)/C=C/C1=C(Cl)c2ccccc2CC1. The van der Waals surface area contributed by atoms with Crippen LogP contribution in [0.3, 0.4) is 0 Å². The van der Waals surface area contributed by atoms with Crippen molar-refractivity contribution in [3.05, 3.63) is 53.1 Å². The van der Waals surface area contributed by atoms with Crippen LogP contribution in [0.25, 0.3) is 5.03 Å². The van der Waals surface area contributed by atoms with Crippen LogP contribution in [0.4, 0.5) is 0 Å². The average molecular weight is 334 g/mol. The van der Waals surface area contributed by atoms with Crippen molar-refractivity contribution in [2.45, 2.75) is 25.7 Å². The molecule has 23 heavy (non-hydrogen) atoms. The van der Waals surface area contributed by atoms with Gasteiger partial charge in [-0.15, -0.1) is 0 Å². The van der Waals surface area contributed by atoms with Gasteiger partial charge >= 0.3 is 5.97 Å². The molecule has 0 unspecified atom stereocenters. The fourth-order valence-electron chi connectivity index (χ4n) is 2.44. The Morgan fingerprint density at radius 3 is 2.87 bits per heavy atom. The topological polar surface area (TPSA) is 55.4 Å². The zero-order valence-electron chi connectivity index (χ0n) is 13.1. The van der Waals surface area contributed by atoms with Crippen molar-refractivity contribution in [1.29, 1.82) is 0 Å². The van der Waals surface area contributed by atoms with E-state index in [4.69, 9.17) is 11.6 Å². The van der Waals surface area contributed by atoms with Crippen molar-refractivity contribution in [3.63, 3.8) is 0 Å². The van der Waals surface area contributed by atoms with E-state index in [-0.39, 0.29) is 11.9 Å². The van der Waals surface area contributed by atoms with Gasteiger partial charge in [0.1, 0.15) is 0 Å². The second kappa shape index (κ2) is 8.53. The van der Waals surface area contributed by atoms with Crippen molar-refractivity contribution >= 4 is 28.5 Å². The van der Waals surface area contributed by atoms with Gasteiger partial charge < -0.3 is 10.1 Å². The molecule has 0 atom stereocenters. The second-order valence-electron chi connectivity index (χ2n) is 5.30. The maximum atomic E-state index is 11.8. The summed E-state index contributed by atoms with van der Waals surface area (Å²) in [5.74, 6) is -0.460. The van der Waals surface area contributed by atoms with Gasteiger partial charge in [-0.3, -0.25) is 9.59 Å². The standard InChI is InChI=1S/C18H20ClNO3/c1-23-17(22)7-4-12-20-16(21)11-10-14-9-8-13-5-2-3-6-15(13)18(14)19/h2-3,5-6,10-11H,4,7-9,12H2,1H3,(H,20,21)/b11-10+. The van der Waals surface area contributed by atoms with Crippen LogP contribution >= 0.6 is 11.6 Å². The maximum absolute atomic E-state index is 11.8. The summed E-state index contributed by atoms with van der Waals surface area (Å²) in [6, 6.07) is 8.04. The second-order valence-corrected chi connectivity index (χ2v) is 5.68. The summed E-state index contributed by atoms with van der Waals surface area (Å²) in [7, 11) is 1.35. The van der Waals surface area contributed by atoms with E-state index in [1.54, 1.807) is 6.08 Å². The van der Waals surface area contributed by atoms with Crippen LogP contribution in [0, 0.1) is 0 Å². The lowest BCUT2D eigenvalue weighted by Crippen LogP contribution is -2.22. The van der Waals surface area contributed by atoms with Crippen molar-refractivity contribution in [3.8, 4) is 0 Å². The highest BCUT2D eigenvalue weighted by Crippen LogP contribution is 2.34. The lowest BCUT2D eigenvalue weighted by Gasteiger charge is -2.17. The van der Waals surface area contributed by atoms with E-state index in [1.807, 2.05) is 18.2 Å². The number of amides is 1. The van der Waals surface area contributed by atoms with E-state index < -0.39 is 0 Å². The minimum Gasteiger partial charge on any atom is -0.469 e. The number of carbonyl (C=O) groups is 2. The number of rotatable bonds is 6. The smallest absolute Gasteiger partial charge is 0.305 e. The summed E-state index contributed by atoms with van der Waals surface area (Å²) in [4.78, 5) is 22.7. The van der Waals surface area contributed by atoms with Crippen molar-refractivity contribution in [2.24, 2.45) is 0 Å². The van der Waals surface area contributed by atoms with Crippen molar-refractivity contribution in [2.75, 3.05) is 13.7 Å². The predicted octanol–water partition coefficient (Wildman–Crippen LogP) is 3.21. The number of hydrogen-bond acceptors (Lipinski definition) is 3. The lowest BCUT2D eigenvalue weighted by atomic mass is 9.92. The molecular formula is C18H20ClNO3. The fraction of sp³-hybridized carbons (Fsp3) is 0.333. The molecule has 0 aromatic heterocycles. The highest BCUT2D eigenvalue weighted by atomic mass is 35.5. The average Bonchev–Trinajstić information content (AvgIpc) is 2.58. The van der Waals surface area contributed by atoms with Gasteiger partial charge in [0.15, 0.2) is 0 Å². The van der Waals surface area contributed by atoms with Gasteiger partial charge in [-0.2, -0.15) is 0 Å². The number of nitrogens with one attached hydrogen (secondary N) is 1. The third-order valence-corrected chi connectivity index (χ3v) is 4.17. The Bertz CT molecular complexity index is 649. The summed E-state index contributed by atoms with van der Waals surface area (Å²) < 4.78 is 4.54. The Hall–Kier alpha value is -2.07. The van der Waals surface area contributed by atoms with Gasteiger partial charge in [0.2, 0.25) is 5.91 Å². The minimum absolute atomic E-state index is 0.189. The molecule has 0 aliphatic heterocycles. The zero-order chi connectivity index (χ0) is 16.7. The van der Waals surface area contributed by atoms with Gasteiger partial charge in [0.05, 0.1) is 12.1 Å². The molecule has 0 spiro atoms. The molecule has 0 saturated carbocycles. The number of halogens is 1. The molecule has 1 amide bonds. The first-order chi connectivity index (χ1) is 11.1. The number of carbonyl (C=O) groups excluding carboxylic acids is 2. The number of ether oxygens (including phenoxy) is 1. The molecule has 0 radical (unpaired) electrons. The number of allylic oxidation sites excluding steroid dienone is 2. The molecule has 5 heteroatoms. The van der Waals surface area contributed by atoms with E-state index in [1.165, 1.54) is 18.7 Å². The van der Waals surface area contributed by atoms with E-state index in [9.17, 15) is 9.59 Å². The van der Waals surface area contributed by atoms with Gasteiger partial charge in [0, 0.05) is 19.0 Å². The van der Waals surface area contributed by atoms with Crippen LogP contribution in [0.5, 0.6) is 0 Å². The van der Waals surface area contributed by atoms with Gasteiger partial charge in [-0.05, 0) is 36.0 Å². The molecule has 1 aromatic rings. The van der Waals surface area contributed by atoms with Crippen LogP contribution in [-0.4, -0.2) is 25.5 Å². The summed E-state index contributed by atoms with van der Waals surface area (Å²) in [6.07, 6.45) is 5.86. The third-order valence-electron chi connectivity index (χ3n) is 3.72. The van der Waals surface area contributed by atoms with Crippen LogP contribution in [0.1, 0.15) is 30.4 Å². The summed E-state index contributed by atoms with van der Waals surface area (Å²) in [6.45, 7) is 0.438. The predicted molar refractivity (Wildman–Crippen MR) is 90.9 cm³/mol. The number of methoxy groups -OCH3 is 1. The molecule has 1 aliphatic carbocycles. The number of hydrogen-bond donors (Lipinski definition) is 1. The monoisotopic (exact) mass is 333 g/mol.